The van der Waals surface area contributed by atoms with E-state index in [1.807, 2.05) is 0 Å². The smallest absolute Gasteiger partial charge is 0.457 e. The second kappa shape index (κ2) is 46.5. The molecule has 0 saturated carbocycles. The zero-order chi connectivity index (χ0) is 42.3. The number of ether oxygens (including phenoxy) is 2. The molecule has 0 aliphatic carbocycles. The average molecular weight is 838 g/mol. The van der Waals surface area contributed by atoms with E-state index in [-0.39, 0.29) is 32.3 Å². The number of hydrogen-bond acceptors (Lipinski definition) is 7. The van der Waals surface area contributed by atoms with Crippen LogP contribution in [0.15, 0.2) is 48.6 Å². The van der Waals surface area contributed by atoms with Gasteiger partial charge in [-0.15, -0.1) is 0 Å². The summed E-state index contributed by atoms with van der Waals surface area (Å²) in [5, 5.41) is 0. The van der Waals surface area contributed by atoms with Gasteiger partial charge in [-0.05, 0) is 77.0 Å². The lowest BCUT2D eigenvalue weighted by atomic mass is 10.0. The van der Waals surface area contributed by atoms with Gasteiger partial charge in [0, 0.05) is 19.6 Å². The van der Waals surface area contributed by atoms with Gasteiger partial charge in [-0.3, -0.25) is 13.8 Å². The van der Waals surface area contributed by atoms with E-state index in [1.165, 1.54) is 141 Å². The quantitative estimate of drug-likeness (QED) is 0.0269. The first-order chi connectivity index (χ1) is 28.4. The highest BCUT2D eigenvalue weighted by Gasteiger charge is 2.25. The van der Waals surface area contributed by atoms with Crippen LogP contribution in [0.2, 0.25) is 0 Å². The Bertz CT molecular complexity index is 1030. The standard InChI is InChI=1S/C49H92NO7P/c1-3-5-7-9-11-13-15-17-19-21-22-23-24-25-26-27-28-30-32-34-36-38-40-42-49(51)57-48(47-56-58(52,53)55-45-43-50)46-54-44-41-39-37-35-33-31-29-20-18-16-14-12-10-8-6-4-2/h12,14-15,17-18,20-22,48H,3-11,13,16,19,23-47,50H2,1-2H3,(H,52,53)/b14-12-,17-15-,20-18-,22-21-. The molecular formula is C49H92NO7P. The van der Waals surface area contributed by atoms with E-state index < -0.39 is 13.9 Å². The van der Waals surface area contributed by atoms with Crippen molar-refractivity contribution >= 4 is 13.8 Å². The second-order valence-corrected chi connectivity index (χ2v) is 17.4. The lowest BCUT2D eigenvalue weighted by molar-refractivity contribution is -0.154. The van der Waals surface area contributed by atoms with Crippen LogP contribution in [-0.4, -0.2) is 49.9 Å². The minimum atomic E-state index is -4.28. The highest BCUT2D eigenvalue weighted by atomic mass is 31.2. The molecule has 340 valence electrons. The predicted octanol–water partition coefficient (Wildman–Crippen LogP) is 14.8. The van der Waals surface area contributed by atoms with Crippen LogP contribution in [0.5, 0.6) is 0 Å². The molecule has 3 N–H and O–H groups in total. The molecule has 0 radical (unpaired) electrons. The lowest BCUT2D eigenvalue weighted by Gasteiger charge is -2.20. The molecule has 0 aromatic rings. The summed E-state index contributed by atoms with van der Waals surface area (Å²) in [6, 6.07) is 0. The fourth-order valence-electron chi connectivity index (χ4n) is 6.65. The molecular weight excluding hydrogens is 746 g/mol. The topological polar surface area (TPSA) is 117 Å². The number of hydrogen-bond donors (Lipinski definition) is 2. The van der Waals surface area contributed by atoms with E-state index in [9.17, 15) is 14.3 Å². The molecule has 8 nitrogen and oxygen atoms in total. The maximum absolute atomic E-state index is 12.6. The number of carbonyl (C=O) groups excluding carboxylic acids is 1. The number of unbranched alkanes of at least 4 members (excludes halogenated alkanes) is 25. The van der Waals surface area contributed by atoms with Gasteiger partial charge in [-0.25, -0.2) is 4.57 Å². The van der Waals surface area contributed by atoms with Crippen LogP contribution in [-0.2, 0) is 27.9 Å². The van der Waals surface area contributed by atoms with Crippen LogP contribution in [0.4, 0.5) is 0 Å². The molecule has 0 spiro atoms. The summed E-state index contributed by atoms with van der Waals surface area (Å²) in [5.41, 5.74) is 5.38. The van der Waals surface area contributed by atoms with E-state index in [0.29, 0.717) is 13.0 Å². The third-order valence-electron chi connectivity index (χ3n) is 10.2. The first kappa shape index (κ1) is 56.5. The van der Waals surface area contributed by atoms with Gasteiger partial charge in [-0.2, -0.15) is 0 Å². The molecule has 0 aliphatic heterocycles. The lowest BCUT2D eigenvalue weighted by Crippen LogP contribution is -2.28. The third-order valence-corrected chi connectivity index (χ3v) is 11.2. The molecule has 0 aliphatic rings. The Morgan fingerprint density at radius 1 is 0.517 bits per heavy atom. The summed E-state index contributed by atoms with van der Waals surface area (Å²) in [7, 11) is -4.28. The van der Waals surface area contributed by atoms with Crippen molar-refractivity contribution < 1.29 is 32.8 Å². The van der Waals surface area contributed by atoms with Gasteiger partial charge in [0.1, 0.15) is 6.10 Å². The number of nitrogens with two attached hydrogens (primary N) is 1. The average Bonchev–Trinajstić information content (AvgIpc) is 3.21. The van der Waals surface area contributed by atoms with Crippen molar-refractivity contribution in [2.75, 3.05) is 33.0 Å². The van der Waals surface area contributed by atoms with Crippen LogP contribution in [0.3, 0.4) is 0 Å². The van der Waals surface area contributed by atoms with E-state index in [1.54, 1.807) is 0 Å². The molecule has 2 atom stereocenters. The number of rotatable bonds is 46. The third kappa shape index (κ3) is 45.5. The van der Waals surface area contributed by atoms with Crippen molar-refractivity contribution in [1.82, 2.24) is 0 Å². The maximum atomic E-state index is 12.6. The number of phosphoric ester groups is 1. The summed E-state index contributed by atoms with van der Waals surface area (Å²) in [6.07, 6.45) is 55.6. The summed E-state index contributed by atoms with van der Waals surface area (Å²) in [4.78, 5) is 22.6. The molecule has 58 heavy (non-hydrogen) atoms. The van der Waals surface area contributed by atoms with Crippen molar-refractivity contribution in [3.05, 3.63) is 48.6 Å². The maximum Gasteiger partial charge on any atom is 0.472 e. The fraction of sp³-hybridized carbons (Fsp3) is 0.816. The normalized spacial score (nSPS) is 13.8. The molecule has 0 bridgehead atoms. The molecule has 0 aromatic carbocycles. The van der Waals surface area contributed by atoms with Crippen molar-refractivity contribution in [1.29, 1.82) is 0 Å². The highest BCUT2D eigenvalue weighted by molar-refractivity contribution is 7.47. The summed E-state index contributed by atoms with van der Waals surface area (Å²) >= 11 is 0. The molecule has 0 saturated heterocycles. The van der Waals surface area contributed by atoms with Gasteiger partial charge < -0.3 is 20.1 Å². The van der Waals surface area contributed by atoms with E-state index in [2.05, 4.69) is 62.5 Å². The number of esters is 1. The van der Waals surface area contributed by atoms with Crippen LogP contribution in [0, 0.1) is 0 Å². The monoisotopic (exact) mass is 838 g/mol. The van der Waals surface area contributed by atoms with Gasteiger partial charge in [0.25, 0.3) is 0 Å². The Morgan fingerprint density at radius 3 is 1.38 bits per heavy atom. The zero-order valence-corrected chi connectivity index (χ0v) is 38.7. The Kier molecular flexibility index (Phi) is 45.3. The molecule has 0 rings (SSSR count). The van der Waals surface area contributed by atoms with E-state index in [4.69, 9.17) is 24.3 Å². The molecule has 0 fully saturated rings. The highest BCUT2D eigenvalue weighted by Crippen LogP contribution is 2.43. The van der Waals surface area contributed by atoms with Crippen LogP contribution in [0.25, 0.3) is 0 Å². The van der Waals surface area contributed by atoms with Gasteiger partial charge in [0.05, 0.1) is 19.8 Å². The van der Waals surface area contributed by atoms with Gasteiger partial charge in [0.15, 0.2) is 0 Å². The summed E-state index contributed by atoms with van der Waals surface area (Å²) < 4.78 is 33.5. The molecule has 2 unspecified atom stereocenters. The predicted molar refractivity (Wildman–Crippen MR) is 247 cm³/mol. The first-order valence-corrected chi connectivity index (χ1v) is 25.6. The largest absolute Gasteiger partial charge is 0.472 e. The number of allylic oxidation sites excluding steroid dienone is 8. The van der Waals surface area contributed by atoms with Gasteiger partial charge in [0.2, 0.25) is 0 Å². The Morgan fingerprint density at radius 2 is 0.914 bits per heavy atom. The Hall–Kier alpha value is -1.54. The van der Waals surface area contributed by atoms with Crippen molar-refractivity contribution in [3.63, 3.8) is 0 Å². The number of phosphoric acid groups is 1. The van der Waals surface area contributed by atoms with Crippen LogP contribution >= 0.6 is 7.82 Å². The minimum Gasteiger partial charge on any atom is -0.457 e. The summed E-state index contributed by atoms with van der Waals surface area (Å²) in [5.74, 6) is -0.336. The second-order valence-electron chi connectivity index (χ2n) is 16.0. The van der Waals surface area contributed by atoms with Crippen LogP contribution < -0.4 is 5.73 Å². The van der Waals surface area contributed by atoms with Gasteiger partial charge >= 0.3 is 13.8 Å². The van der Waals surface area contributed by atoms with Gasteiger partial charge in [-0.1, -0.05) is 184 Å². The Labute approximate surface area is 358 Å². The van der Waals surface area contributed by atoms with Crippen LogP contribution in [0.1, 0.15) is 219 Å². The molecule has 9 heteroatoms. The fourth-order valence-corrected chi connectivity index (χ4v) is 7.41. The van der Waals surface area contributed by atoms with Crippen molar-refractivity contribution in [2.24, 2.45) is 5.73 Å². The number of carbonyl (C=O) groups is 1. The summed E-state index contributed by atoms with van der Waals surface area (Å²) in [6.45, 7) is 4.88. The SMILES string of the molecule is CCCCC/C=C\C/C=C\CCCCCCCCOCC(COP(=O)(O)OCCN)OC(=O)CCCCCCCCCCCCC/C=C\C/C=C\CCCCCCC. The zero-order valence-electron chi connectivity index (χ0n) is 37.8. The molecule has 0 heterocycles. The molecule has 0 aromatic heterocycles. The van der Waals surface area contributed by atoms with Crippen molar-refractivity contribution in [2.45, 2.75) is 225 Å². The molecule has 0 amide bonds. The van der Waals surface area contributed by atoms with E-state index in [0.717, 1.165) is 57.8 Å². The Balaban J connectivity index is 3.97. The van der Waals surface area contributed by atoms with Crippen molar-refractivity contribution in [3.8, 4) is 0 Å². The minimum absolute atomic E-state index is 0.0971. The first-order valence-electron chi connectivity index (χ1n) is 24.1. The van der Waals surface area contributed by atoms with E-state index >= 15 is 0 Å².